The van der Waals surface area contributed by atoms with Crippen LogP contribution in [0, 0.1) is 28.6 Å². The molecule has 0 bridgehead atoms. The van der Waals surface area contributed by atoms with Crippen LogP contribution < -0.4 is 0 Å². The number of unbranched alkanes of at least 4 members (excludes halogenated alkanes) is 13. The average molecular weight is 383 g/mol. The Balaban J connectivity index is 3.24. The van der Waals surface area contributed by atoms with Crippen molar-refractivity contribution in [1.82, 2.24) is 0 Å². The first-order valence-electron chi connectivity index (χ1n) is 11.6. The second-order valence-electron chi connectivity index (χ2n) is 8.03. The number of nitrogens with zero attached hydrogens (tertiary/aromatic N) is 2. The number of hydrogen-bond donors (Lipinski definition) is 0. The van der Waals surface area contributed by atoms with Gasteiger partial charge in [0.2, 0.25) is 0 Å². The lowest BCUT2D eigenvalue weighted by Crippen LogP contribution is -1.95. The summed E-state index contributed by atoms with van der Waals surface area (Å²) in [6, 6.07) is 4.00. The van der Waals surface area contributed by atoms with Gasteiger partial charge in [-0.05, 0) is 37.7 Å². The van der Waals surface area contributed by atoms with Gasteiger partial charge < -0.3 is 0 Å². The summed E-state index contributed by atoms with van der Waals surface area (Å²) >= 11 is 0. The number of allylic oxidation sites excluding steroid dienone is 3. The molecule has 0 aliphatic rings. The van der Waals surface area contributed by atoms with E-state index in [1.807, 2.05) is 24.3 Å². The normalized spacial score (nSPS) is 11.5. The van der Waals surface area contributed by atoms with E-state index >= 15 is 0 Å². The Morgan fingerprint density at radius 1 is 0.643 bits per heavy atom. The maximum Gasteiger partial charge on any atom is 0.0996 e. The molecule has 0 rings (SSSR count). The van der Waals surface area contributed by atoms with Crippen molar-refractivity contribution >= 4 is 0 Å². The van der Waals surface area contributed by atoms with Crippen LogP contribution in [0.3, 0.4) is 0 Å². The molecule has 1 unspecified atom stereocenters. The highest BCUT2D eigenvalue weighted by atomic mass is 14.2. The quantitative estimate of drug-likeness (QED) is 0.128. The van der Waals surface area contributed by atoms with Gasteiger partial charge in [-0.1, -0.05) is 96.5 Å². The van der Waals surface area contributed by atoms with Crippen molar-refractivity contribution in [2.45, 2.75) is 116 Å². The van der Waals surface area contributed by atoms with Gasteiger partial charge >= 0.3 is 0 Å². The van der Waals surface area contributed by atoms with Crippen LogP contribution in [0.1, 0.15) is 116 Å². The zero-order valence-corrected chi connectivity index (χ0v) is 18.3. The van der Waals surface area contributed by atoms with Crippen molar-refractivity contribution < 1.29 is 0 Å². The molecule has 0 heterocycles. The van der Waals surface area contributed by atoms with Crippen LogP contribution in [-0.4, -0.2) is 0 Å². The molecule has 0 aromatic heterocycles. The first kappa shape index (κ1) is 26.2. The highest BCUT2D eigenvalue weighted by Crippen LogP contribution is 2.18. The largest absolute Gasteiger partial charge is 0.193 e. The summed E-state index contributed by atoms with van der Waals surface area (Å²) in [4.78, 5) is 0. The molecule has 2 heteroatoms. The van der Waals surface area contributed by atoms with Crippen LogP contribution in [0.15, 0.2) is 30.0 Å². The van der Waals surface area contributed by atoms with Crippen molar-refractivity contribution in [1.29, 1.82) is 10.5 Å². The third-order valence-electron chi connectivity index (χ3n) is 5.32. The fraction of sp³-hybridized carbons (Fsp3) is 0.731. The van der Waals surface area contributed by atoms with E-state index in [4.69, 9.17) is 10.5 Å². The lowest BCUT2D eigenvalue weighted by atomic mass is 9.96. The monoisotopic (exact) mass is 382 g/mol. The molecule has 0 aromatic rings. The summed E-state index contributed by atoms with van der Waals surface area (Å²) in [6.45, 7) is 2.43. The van der Waals surface area contributed by atoms with E-state index in [2.05, 4.69) is 12.7 Å². The molecule has 0 saturated heterocycles. The molecule has 0 aromatic carbocycles. The molecule has 0 fully saturated rings. The standard InChI is InChI=1S/C26H42N2/c1-26(23-19-15-11-7-5-9-13-17-21-25-28)22-18-14-10-6-3-2-4-8-12-16-20-24-27/h12,17,20-21,26H,2-11,13-15,18-19,22-23H2,1H3. The second-order valence-corrected chi connectivity index (χ2v) is 8.03. The van der Waals surface area contributed by atoms with Gasteiger partial charge in [-0.25, -0.2) is 0 Å². The topological polar surface area (TPSA) is 47.6 Å². The Kier molecular flexibility index (Phi) is 21.8. The van der Waals surface area contributed by atoms with Gasteiger partial charge in [0.1, 0.15) is 0 Å². The SMILES string of the molecule is CC(CCCCCCCCC=CC#N)CCCCCCCCCC=C=CC#N. The Morgan fingerprint density at radius 3 is 1.68 bits per heavy atom. The van der Waals surface area contributed by atoms with Gasteiger partial charge in [0.05, 0.1) is 18.2 Å². The van der Waals surface area contributed by atoms with E-state index in [0.717, 1.165) is 18.8 Å². The van der Waals surface area contributed by atoms with Gasteiger partial charge in [0.25, 0.3) is 0 Å². The number of nitriles is 2. The third kappa shape index (κ3) is 22.3. The Hall–Kier alpha value is -1.76. The first-order chi connectivity index (χ1) is 13.8. The summed E-state index contributed by atoms with van der Waals surface area (Å²) in [5.74, 6) is 0.893. The molecular formula is C26H42N2. The third-order valence-corrected chi connectivity index (χ3v) is 5.32. The summed E-state index contributed by atoms with van der Waals surface area (Å²) < 4.78 is 0. The van der Waals surface area contributed by atoms with Crippen molar-refractivity contribution in [3.8, 4) is 12.1 Å². The van der Waals surface area contributed by atoms with E-state index < -0.39 is 0 Å². The fourth-order valence-electron chi connectivity index (χ4n) is 3.55. The molecule has 28 heavy (non-hydrogen) atoms. The highest BCUT2D eigenvalue weighted by molar-refractivity contribution is 5.01. The highest BCUT2D eigenvalue weighted by Gasteiger charge is 2.02. The second kappa shape index (κ2) is 23.3. The molecule has 0 N–H and O–H groups in total. The van der Waals surface area contributed by atoms with Gasteiger partial charge in [-0.3, -0.25) is 0 Å². The van der Waals surface area contributed by atoms with E-state index in [9.17, 15) is 0 Å². The van der Waals surface area contributed by atoms with Crippen LogP contribution in [-0.2, 0) is 0 Å². The predicted octanol–water partition coefficient (Wildman–Crippen LogP) is 8.57. The summed E-state index contributed by atoms with van der Waals surface area (Å²) in [5.41, 5.74) is 2.88. The minimum absolute atomic E-state index is 0.893. The molecule has 1 atom stereocenters. The fourth-order valence-corrected chi connectivity index (χ4v) is 3.55. The van der Waals surface area contributed by atoms with E-state index in [1.54, 1.807) is 6.08 Å². The summed E-state index contributed by atoms with van der Waals surface area (Å²) in [7, 11) is 0. The lowest BCUT2D eigenvalue weighted by molar-refractivity contribution is 0.431. The lowest BCUT2D eigenvalue weighted by Gasteiger charge is -2.11. The summed E-state index contributed by atoms with van der Waals surface area (Å²) in [6.07, 6.45) is 29.4. The Bertz CT molecular complexity index is 498. The van der Waals surface area contributed by atoms with Crippen molar-refractivity contribution in [2.24, 2.45) is 5.92 Å². The van der Waals surface area contributed by atoms with Crippen LogP contribution in [0.5, 0.6) is 0 Å². The number of rotatable bonds is 19. The molecular weight excluding hydrogens is 340 g/mol. The van der Waals surface area contributed by atoms with Gasteiger partial charge in [-0.15, -0.1) is 5.73 Å². The van der Waals surface area contributed by atoms with E-state index in [0.29, 0.717) is 0 Å². The smallest absolute Gasteiger partial charge is 0.0996 e. The molecule has 156 valence electrons. The predicted molar refractivity (Wildman–Crippen MR) is 121 cm³/mol. The van der Waals surface area contributed by atoms with Gasteiger partial charge in [0.15, 0.2) is 0 Å². The molecule has 0 aliphatic carbocycles. The minimum Gasteiger partial charge on any atom is -0.193 e. The van der Waals surface area contributed by atoms with E-state index in [-0.39, 0.29) is 0 Å². The van der Waals surface area contributed by atoms with E-state index in [1.165, 1.54) is 102 Å². The minimum atomic E-state index is 0.893. The van der Waals surface area contributed by atoms with Crippen LogP contribution in [0.25, 0.3) is 0 Å². The van der Waals surface area contributed by atoms with Gasteiger partial charge in [0, 0.05) is 6.08 Å². The number of hydrogen-bond acceptors (Lipinski definition) is 2. The molecule has 0 spiro atoms. The molecule has 0 aliphatic heterocycles. The van der Waals surface area contributed by atoms with Crippen LogP contribution in [0.2, 0.25) is 0 Å². The van der Waals surface area contributed by atoms with Crippen molar-refractivity contribution in [2.75, 3.05) is 0 Å². The van der Waals surface area contributed by atoms with Crippen molar-refractivity contribution in [3.63, 3.8) is 0 Å². The maximum absolute atomic E-state index is 8.41. The van der Waals surface area contributed by atoms with Crippen LogP contribution in [0.4, 0.5) is 0 Å². The zero-order chi connectivity index (χ0) is 20.5. The molecule has 2 nitrogen and oxygen atoms in total. The van der Waals surface area contributed by atoms with Gasteiger partial charge in [-0.2, -0.15) is 10.5 Å². The molecule has 0 amide bonds. The van der Waals surface area contributed by atoms with Crippen molar-refractivity contribution in [3.05, 3.63) is 30.0 Å². The Morgan fingerprint density at radius 2 is 1.14 bits per heavy atom. The summed E-state index contributed by atoms with van der Waals surface area (Å²) in [5, 5.41) is 16.8. The first-order valence-corrected chi connectivity index (χ1v) is 11.6. The molecule has 0 radical (unpaired) electrons. The zero-order valence-electron chi connectivity index (χ0n) is 18.3. The Labute approximate surface area is 175 Å². The van der Waals surface area contributed by atoms with Crippen LogP contribution >= 0.6 is 0 Å². The average Bonchev–Trinajstić information content (AvgIpc) is 2.70. The molecule has 0 saturated carbocycles. The maximum atomic E-state index is 8.41.